The number of hydrogen-bond donors (Lipinski definition) is 0. The molecular formula is C28H31Cl2FN2O4S. The molecule has 6 nitrogen and oxygen atoms in total. The van der Waals surface area contributed by atoms with Crippen LogP contribution in [-0.2, 0) is 16.7 Å². The maximum absolute atomic E-state index is 13.9. The molecule has 10 heteroatoms. The summed E-state index contributed by atoms with van der Waals surface area (Å²) in [6.07, 6.45) is 0.635. The van der Waals surface area contributed by atoms with Crippen LogP contribution in [0.25, 0.3) is 0 Å². The molecule has 0 N–H and O–H groups in total. The molecule has 0 aliphatic heterocycles. The summed E-state index contributed by atoms with van der Waals surface area (Å²) in [4.78, 5) is 16.9. The molecule has 204 valence electrons. The molecule has 3 rings (SSSR count). The monoisotopic (exact) mass is 580 g/mol. The number of halogens is 3. The van der Waals surface area contributed by atoms with E-state index in [-0.39, 0.29) is 44.7 Å². The van der Waals surface area contributed by atoms with E-state index in [1.165, 1.54) is 36.4 Å². The third-order valence-corrected chi connectivity index (χ3v) is 8.32. The predicted molar refractivity (Wildman–Crippen MR) is 150 cm³/mol. The van der Waals surface area contributed by atoms with Gasteiger partial charge in [-0.1, -0.05) is 42.3 Å². The lowest BCUT2D eigenvalue weighted by molar-refractivity contribution is 0.0670. The SMILES string of the molecule is CC[C@@H](C)N(Cc1ccc(N(CC)CC)cc1OS(=O)(=O)c1ccc(Cl)c(Cl)c1)C(=O)c1cccc(F)c1. The number of amides is 1. The summed E-state index contributed by atoms with van der Waals surface area (Å²) in [5.41, 5.74) is 1.45. The highest BCUT2D eigenvalue weighted by Crippen LogP contribution is 2.32. The van der Waals surface area contributed by atoms with Crippen LogP contribution in [0.5, 0.6) is 5.75 Å². The number of anilines is 1. The number of benzene rings is 3. The van der Waals surface area contributed by atoms with Gasteiger partial charge < -0.3 is 14.0 Å². The summed E-state index contributed by atoms with van der Waals surface area (Å²) in [6, 6.07) is 14.5. The molecule has 0 aromatic heterocycles. The van der Waals surface area contributed by atoms with Crippen molar-refractivity contribution in [1.29, 1.82) is 0 Å². The first kappa shape index (κ1) is 29.7. The molecule has 0 unspecified atom stereocenters. The summed E-state index contributed by atoms with van der Waals surface area (Å²) < 4.78 is 46.0. The fourth-order valence-corrected chi connectivity index (χ4v) is 5.30. The van der Waals surface area contributed by atoms with Crippen molar-refractivity contribution in [3.63, 3.8) is 0 Å². The lowest BCUT2D eigenvalue weighted by atomic mass is 10.1. The number of carbonyl (C=O) groups excluding carboxylic acids is 1. The van der Waals surface area contributed by atoms with E-state index in [4.69, 9.17) is 27.4 Å². The van der Waals surface area contributed by atoms with Crippen molar-refractivity contribution >= 4 is 44.9 Å². The Morgan fingerprint density at radius 2 is 1.68 bits per heavy atom. The zero-order chi connectivity index (χ0) is 28.0. The van der Waals surface area contributed by atoms with E-state index < -0.39 is 15.9 Å². The van der Waals surface area contributed by atoms with Gasteiger partial charge in [0, 0.05) is 48.6 Å². The van der Waals surface area contributed by atoms with Crippen molar-refractivity contribution in [3.05, 3.63) is 87.7 Å². The summed E-state index contributed by atoms with van der Waals surface area (Å²) in [7, 11) is -4.29. The Morgan fingerprint density at radius 1 is 0.974 bits per heavy atom. The molecule has 0 heterocycles. The molecule has 0 saturated heterocycles. The Hall–Kier alpha value is -2.81. The normalized spacial score (nSPS) is 12.2. The molecule has 3 aromatic rings. The zero-order valence-corrected chi connectivity index (χ0v) is 24.1. The first-order chi connectivity index (χ1) is 18.0. The highest BCUT2D eigenvalue weighted by Gasteiger charge is 2.26. The smallest absolute Gasteiger partial charge is 0.339 e. The quantitative estimate of drug-likeness (QED) is 0.224. The first-order valence-corrected chi connectivity index (χ1v) is 14.5. The van der Waals surface area contributed by atoms with E-state index in [0.29, 0.717) is 25.1 Å². The number of hydrogen-bond acceptors (Lipinski definition) is 5. The molecule has 0 saturated carbocycles. The second-order valence-corrected chi connectivity index (χ2v) is 11.1. The van der Waals surface area contributed by atoms with Gasteiger partial charge in [0.1, 0.15) is 16.5 Å². The maximum atomic E-state index is 13.9. The minimum absolute atomic E-state index is 0.0507. The fraction of sp³-hybridized carbons (Fsp3) is 0.321. The van der Waals surface area contributed by atoms with Crippen LogP contribution in [0.2, 0.25) is 10.0 Å². The van der Waals surface area contributed by atoms with Gasteiger partial charge in [0.15, 0.2) is 0 Å². The van der Waals surface area contributed by atoms with Gasteiger partial charge in [-0.3, -0.25) is 4.79 Å². The Kier molecular flexibility index (Phi) is 10.0. The van der Waals surface area contributed by atoms with Crippen molar-refractivity contribution in [2.75, 3.05) is 18.0 Å². The largest absolute Gasteiger partial charge is 0.379 e. The van der Waals surface area contributed by atoms with Crippen molar-refractivity contribution < 1.29 is 21.8 Å². The molecule has 0 bridgehead atoms. The van der Waals surface area contributed by atoms with Crippen LogP contribution in [0.3, 0.4) is 0 Å². The van der Waals surface area contributed by atoms with Crippen molar-refractivity contribution in [2.24, 2.45) is 0 Å². The van der Waals surface area contributed by atoms with Crippen LogP contribution in [-0.4, -0.2) is 38.4 Å². The average molecular weight is 582 g/mol. The van der Waals surface area contributed by atoms with Crippen molar-refractivity contribution in [3.8, 4) is 5.75 Å². The summed E-state index contributed by atoms with van der Waals surface area (Å²) >= 11 is 12.0. The Bertz CT molecular complexity index is 1400. The molecule has 0 spiro atoms. The van der Waals surface area contributed by atoms with Crippen molar-refractivity contribution in [1.82, 2.24) is 4.90 Å². The van der Waals surface area contributed by atoms with Gasteiger partial charge in [0.05, 0.1) is 10.0 Å². The molecular weight excluding hydrogens is 550 g/mol. The topological polar surface area (TPSA) is 66.9 Å². The molecule has 0 radical (unpaired) electrons. The number of nitrogens with zero attached hydrogens (tertiary/aromatic N) is 2. The third kappa shape index (κ3) is 6.98. The lowest BCUT2D eigenvalue weighted by Gasteiger charge is -2.30. The van der Waals surface area contributed by atoms with Gasteiger partial charge in [-0.15, -0.1) is 0 Å². The van der Waals surface area contributed by atoms with E-state index in [1.807, 2.05) is 38.7 Å². The van der Waals surface area contributed by atoms with Gasteiger partial charge in [-0.05, 0) is 69.7 Å². The Balaban J connectivity index is 2.07. The summed E-state index contributed by atoms with van der Waals surface area (Å²) in [5.74, 6) is -0.800. The molecule has 0 aliphatic rings. The van der Waals surface area contributed by atoms with Crippen LogP contribution >= 0.6 is 23.2 Å². The first-order valence-electron chi connectivity index (χ1n) is 12.3. The van der Waals surface area contributed by atoms with Crippen LogP contribution in [0, 0.1) is 5.82 Å². The molecule has 0 aliphatic carbocycles. The summed E-state index contributed by atoms with van der Waals surface area (Å²) in [5, 5.41) is 0.298. The van der Waals surface area contributed by atoms with Gasteiger partial charge in [0.2, 0.25) is 0 Å². The molecule has 3 aromatic carbocycles. The number of rotatable bonds is 11. The third-order valence-electron chi connectivity index (χ3n) is 6.35. The number of carbonyl (C=O) groups is 1. The molecule has 0 fully saturated rings. The minimum atomic E-state index is -4.29. The van der Waals surface area contributed by atoms with Gasteiger partial charge in [0.25, 0.3) is 5.91 Å². The Labute approximate surface area is 234 Å². The highest BCUT2D eigenvalue weighted by atomic mass is 35.5. The van der Waals surface area contributed by atoms with Crippen LogP contribution in [0.1, 0.15) is 50.0 Å². The lowest BCUT2D eigenvalue weighted by Crippen LogP contribution is -2.38. The average Bonchev–Trinajstić information content (AvgIpc) is 2.89. The van der Waals surface area contributed by atoms with Crippen LogP contribution in [0.4, 0.5) is 10.1 Å². The van der Waals surface area contributed by atoms with Crippen LogP contribution in [0.15, 0.2) is 65.6 Å². The van der Waals surface area contributed by atoms with Gasteiger partial charge >= 0.3 is 10.1 Å². The Morgan fingerprint density at radius 3 is 2.29 bits per heavy atom. The second kappa shape index (κ2) is 12.8. The van der Waals surface area contributed by atoms with Gasteiger partial charge in [-0.2, -0.15) is 8.42 Å². The van der Waals surface area contributed by atoms with E-state index in [1.54, 1.807) is 23.1 Å². The van der Waals surface area contributed by atoms with E-state index >= 15 is 0 Å². The summed E-state index contributed by atoms with van der Waals surface area (Å²) in [6.45, 7) is 9.26. The van der Waals surface area contributed by atoms with E-state index in [0.717, 1.165) is 5.69 Å². The molecule has 1 amide bonds. The molecule has 38 heavy (non-hydrogen) atoms. The standard InChI is InChI=1S/C28H31Cl2FN2O4S/c1-5-19(4)33(28(34)20-9-8-10-22(31)15-20)18-21-11-12-23(32(6-2)7-3)16-27(21)37-38(35,36)24-13-14-25(29)26(30)17-24/h8-17,19H,5-7,18H2,1-4H3/t19-/m1/s1. The van der Waals surface area contributed by atoms with Crippen molar-refractivity contribution in [2.45, 2.75) is 51.6 Å². The maximum Gasteiger partial charge on any atom is 0.339 e. The van der Waals surface area contributed by atoms with Gasteiger partial charge in [-0.25, -0.2) is 4.39 Å². The highest BCUT2D eigenvalue weighted by molar-refractivity contribution is 7.87. The fourth-order valence-electron chi connectivity index (χ4n) is 3.95. The molecule has 1 atom stereocenters. The minimum Gasteiger partial charge on any atom is -0.379 e. The van der Waals surface area contributed by atoms with E-state index in [9.17, 15) is 17.6 Å². The predicted octanol–water partition coefficient (Wildman–Crippen LogP) is 7.19. The second-order valence-electron chi connectivity index (χ2n) is 8.78. The zero-order valence-electron chi connectivity index (χ0n) is 21.7. The van der Waals surface area contributed by atoms with Crippen LogP contribution < -0.4 is 9.08 Å². The van der Waals surface area contributed by atoms with E-state index in [2.05, 4.69) is 0 Å².